The molecule has 2 aromatic carbocycles. The molecular weight excluding hydrogens is 260 g/mol. The molecule has 2 aromatic rings. The van der Waals surface area contributed by atoms with Crippen LogP contribution in [0.15, 0.2) is 36.4 Å². The van der Waals surface area contributed by atoms with E-state index in [4.69, 9.17) is 21.1 Å². The van der Waals surface area contributed by atoms with Crippen molar-refractivity contribution < 1.29 is 9.47 Å². The Morgan fingerprint density at radius 2 is 1.58 bits per heavy atom. The SMILES string of the molecule is CCOc1ccc(OCCC(C)Cl)c2ccccc12. The molecule has 2 nitrogen and oxygen atoms in total. The first-order valence-electron chi connectivity index (χ1n) is 6.63. The highest BCUT2D eigenvalue weighted by Gasteiger charge is 2.07. The van der Waals surface area contributed by atoms with E-state index in [9.17, 15) is 0 Å². The first-order chi connectivity index (χ1) is 9.22. The number of alkyl halides is 1. The molecule has 0 aliphatic rings. The van der Waals surface area contributed by atoms with Gasteiger partial charge in [-0.05, 0) is 32.4 Å². The lowest BCUT2D eigenvalue weighted by Crippen LogP contribution is -2.03. The Labute approximate surface area is 119 Å². The summed E-state index contributed by atoms with van der Waals surface area (Å²) in [6, 6.07) is 12.1. The summed E-state index contributed by atoms with van der Waals surface area (Å²) in [7, 11) is 0. The Balaban J connectivity index is 2.27. The summed E-state index contributed by atoms with van der Waals surface area (Å²) < 4.78 is 11.5. The summed E-state index contributed by atoms with van der Waals surface area (Å²) in [5.41, 5.74) is 0. The summed E-state index contributed by atoms with van der Waals surface area (Å²) in [6.07, 6.45) is 0.836. The average molecular weight is 279 g/mol. The van der Waals surface area contributed by atoms with Gasteiger partial charge in [-0.3, -0.25) is 0 Å². The van der Waals surface area contributed by atoms with Crippen LogP contribution < -0.4 is 9.47 Å². The zero-order chi connectivity index (χ0) is 13.7. The molecule has 2 rings (SSSR count). The molecule has 0 fully saturated rings. The second-order valence-electron chi connectivity index (χ2n) is 4.46. The molecule has 0 bridgehead atoms. The normalized spacial score (nSPS) is 12.4. The molecular formula is C16H19ClO2. The maximum absolute atomic E-state index is 5.93. The zero-order valence-corrected chi connectivity index (χ0v) is 12.1. The number of rotatable bonds is 6. The van der Waals surface area contributed by atoms with Crippen LogP contribution in [0.2, 0.25) is 0 Å². The van der Waals surface area contributed by atoms with Gasteiger partial charge in [0.05, 0.1) is 13.2 Å². The quantitative estimate of drug-likeness (QED) is 0.717. The molecule has 0 saturated carbocycles. The lowest BCUT2D eigenvalue weighted by atomic mass is 10.1. The summed E-state index contributed by atoms with van der Waals surface area (Å²) in [4.78, 5) is 0. The first kappa shape index (κ1) is 14.0. The van der Waals surface area contributed by atoms with E-state index in [1.165, 1.54) is 0 Å². The third-order valence-electron chi connectivity index (χ3n) is 2.92. The Morgan fingerprint density at radius 3 is 2.11 bits per heavy atom. The highest BCUT2D eigenvalue weighted by Crippen LogP contribution is 2.33. The fourth-order valence-corrected chi connectivity index (χ4v) is 2.07. The van der Waals surface area contributed by atoms with Gasteiger partial charge in [0.15, 0.2) is 0 Å². The fourth-order valence-electron chi connectivity index (χ4n) is 1.98. The summed E-state index contributed by atoms with van der Waals surface area (Å²) in [6.45, 7) is 5.25. The van der Waals surface area contributed by atoms with Crippen LogP contribution in [-0.4, -0.2) is 18.6 Å². The topological polar surface area (TPSA) is 18.5 Å². The molecule has 1 unspecified atom stereocenters. The van der Waals surface area contributed by atoms with Gasteiger partial charge in [-0.15, -0.1) is 11.6 Å². The van der Waals surface area contributed by atoms with Crippen molar-refractivity contribution >= 4 is 22.4 Å². The molecule has 1 atom stereocenters. The minimum atomic E-state index is 0.133. The highest BCUT2D eigenvalue weighted by atomic mass is 35.5. The number of hydrogen-bond donors (Lipinski definition) is 0. The molecule has 3 heteroatoms. The minimum Gasteiger partial charge on any atom is -0.493 e. The second kappa shape index (κ2) is 6.67. The Bertz CT molecular complexity index is 537. The van der Waals surface area contributed by atoms with Crippen LogP contribution in [0, 0.1) is 0 Å². The Morgan fingerprint density at radius 1 is 1.00 bits per heavy atom. The molecule has 19 heavy (non-hydrogen) atoms. The van der Waals surface area contributed by atoms with Gasteiger partial charge in [0, 0.05) is 16.1 Å². The van der Waals surface area contributed by atoms with Crippen molar-refractivity contribution in [2.24, 2.45) is 0 Å². The molecule has 0 heterocycles. The third kappa shape index (κ3) is 3.54. The highest BCUT2D eigenvalue weighted by molar-refractivity contribution is 6.20. The number of halogens is 1. The van der Waals surface area contributed by atoms with E-state index in [2.05, 4.69) is 12.1 Å². The van der Waals surface area contributed by atoms with Crippen molar-refractivity contribution in [3.8, 4) is 11.5 Å². The van der Waals surface area contributed by atoms with Crippen molar-refractivity contribution in [3.05, 3.63) is 36.4 Å². The second-order valence-corrected chi connectivity index (χ2v) is 5.20. The van der Waals surface area contributed by atoms with E-state index in [-0.39, 0.29) is 5.38 Å². The van der Waals surface area contributed by atoms with Gasteiger partial charge in [-0.2, -0.15) is 0 Å². The van der Waals surface area contributed by atoms with Gasteiger partial charge >= 0.3 is 0 Å². The van der Waals surface area contributed by atoms with Gasteiger partial charge < -0.3 is 9.47 Å². The van der Waals surface area contributed by atoms with Crippen LogP contribution in [0.3, 0.4) is 0 Å². The van der Waals surface area contributed by atoms with Gasteiger partial charge in [0.2, 0.25) is 0 Å². The van der Waals surface area contributed by atoms with Crippen molar-refractivity contribution in [1.82, 2.24) is 0 Å². The van der Waals surface area contributed by atoms with E-state index in [1.807, 2.05) is 38.1 Å². The van der Waals surface area contributed by atoms with Crippen LogP contribution in [0.4, 0.5) is 0 Å². The predicted octanol–water partition coefficient (Wildman–Crippen LogP) is 4.63. The summed E-state index contributed by atoms with van der Waals surface area (Å²) in [5, 5.41) is 2.30. The van der Waals surface area contributed by atoms with E-state index >= 15 is 0 Å². The summed E-state index contributed by atoms with van der Waals surface area (Å²) in [5.74, 6) is 1.78. The van der Waals surface area contributed by atoms with E-state index in [0.717, 1.165) is 28.7 Å². The fraction of sp³-hybridized carbons (Fsp3) is 0.375. The lowest BCUT2D eigenvalue weighted by molar-refractivity contribution is 0.312. The van der Waals surface area contributed by atoms with Crippen LogP contribution >= 0.6 is 11.6 Å². The maximum atomic E-state index is 5.93. The predicted molar refractivity (Wildman–Crippen MR) is 80.5 cm³/mol. The number of hydrogen-bond acceptors (Lipinski definition) is 2. The zero-order valence-electron chi connectivity index (χ0n) is 11.4. The average Bonchev–Trinajstić information content (AvgIpc) is 2.41. The van der Waals surface area contributed by atoms with Crippen LogP contribution in [0.1, 0.15) is 20.3 Å². The number of benzene rings is 2. The molecule has 0 N–H and O–H groups in total. The van der Waals surface area contributed by atoms with E-state index < -0.39 is 0 Å². The van der Waals surface area contributed by atoms with Crippen LogP contribution in [0.5, 0.6) is 11.5 Å². The largest absolute Gasteiger partial charge is 0.493 e. The van der Waals surface area contributed by atoms with Crippen molar-refractivity contribution in [3.63, 3.8) is 0 Å². The van der Waals surface area contributed by atoms with Gasteiger partial charge in [-0.1, -0.05) is 24.3 Å². The van der Waals surface area contributed by atoms with Gasteiger partial charge in [0.25, 0.3) is 0 Å². The number of ether oxygens (including phenoxy) is 2. The van der Waals surface area contributed by atoms with Crippen molar-refractivity contribution in [1.29, 1.82) is 0 Å². The molecule has 0 radical (unpaired) electrons. The monoisotopic (exact) mass is 278 g/mol. The van der Waals surface area contributed by atoms with Crippen LogP contribution in [-0.2, 0) is 0 Å². The molecule has 0 aliphatic carbocycles. The van der Waals surface area contributed by atoms with Crippen molar-refractivity contribution in [2.45, 2.75) is 25.6 Å². The van der Waals surface area contributed by atoms with Gasteiger partial charge in [-0.25, -0.2) is 0 Å². The summed E-state index contributed by atoms with van der Waals surface area (Å²) >= 11 is 5.93. The van der Waals surface area contributed by atoms with Gasteiger partial charge in [0.1, 0.15) is 11.5 Å². The lowest BCUT2D eigenvalue weighted by Gasteiger charge is -2.13. The number of fused-ring (bicyclic) bond motifs is 1. The minimum absolute atomic E-state index is 0.133. The first-order valence-corrected chi connectivity index (χ1v) is 7.07. The third-order valence-corrected chi connectivity index (χ3v) is 3.14. The molecule has 0 amide bonds. The molecule has 0 saturated heterocycles. The van der Waals surface area contributed by atoms with E-state index in [0.29, 0.717) is 13.2 Å². The van der Waals surface area contributed by atoms with Crippen molar-refractivity contribution in [2.75, 3.05) is 13.2 Å². The molecule has 0 spiro atoms. The molecule has 102 valence electrons. The maximum Gasteiger partial charge on any atom is 0.127 e. The Kier molecular flexibility index (Phi) is 4.92. The standard InChI is InChI=1S/C16H19ClO2/c1-3-18-15-8-9-16(19-11-10-12(2)17)14-7-5-4-6-13(14)15/h4-9,12H,3,10-11H2,1-2H3. The van der Waals surface area contributed by atoms with E-state index in [1.54, 1.807) is 0 Å². The Hall–Kier alpha value is -1.41. The van der Waals surface area contributed by atoms with Crippen LogP contribution in [0.25, 0.3) is 10.8 Å². The smallest absolute Gasteiger partial charge is 0.127 e. The molecule has 0 aliphatic heterocycles. The molecule has 0 aromatic heterocycles.